The SMILES string of the molecule is CCCC[C@H](NC(=O)[C@H](Cc1ccccc1)NC(=O)CNC(=O)[C@@H](C)NC(c1ccccc1)(c1ccc(OC)cc1)c1ccc(OC)cc1)C(N)=O. The summed E-state index contributed by atoms with van der Waals surface area (Å²) in [7, 11) is 3.21. The van der Waals surface area contributed by atoms with Gasteiger partial charge >= 0.3 is 0 Å². The van der Waals surface area contributed by atoms with Crippen molar-refractivity contribution in [2.45, 2.75) is 63.2 Å². The first-order valence-electron chi connectivity index (χ1n) is 17.4. The van der Waals surface area contributed by atoms with Crippen LogP contribution in [0.25, 0.3) is 0 Å². The molecule has 0 aliphatic heterocycles. The highest BCUT2D eigenvalue weighted by Crippen LogP contribution is 2.38. The molecule has 0 aliphatic carbocycles. The van der Waals surface area contributed by atoms with Crippen LogP contribution in [0.1, 0.15) is 55.4 Å². The van der Waals surface area contributed by atoms with Crippen LogP contribution in [0.15, 0.2) is 109 Å². The van der Waals surface area contributed by atoms with Crippen molar-refractivity contribution in [3.63, 3.8) is 0 Å². The topological polar surface area (TPSA) is 161 Å². The maximum Gasteiger partial charge on any atom is 0.243 e. The fraction of sp³-hybridized carbons (Fsp3) is 0.317. The van der Waals surface area contributed by atoms with Crippen molar-refractivity contribution >= 4 is 23.6 Å². The number of carbonyl (C=O) groups is 4. The van der Waals surface area contributed by atoms with Crippen molar-refractivity contribution in [3.8, 4) is 11.5 Å². The summed E-state index contributed by atoms with van der Waals surface area (Å²) in [5.74, 6) is -0.818. The van der Waals surface area contributed by atoms with Crippen LogP contribution in [0.3, 0.4) is 0 Å². The van der Waals surface area contributed by atoms with Crippen molar-refractivity contribution in [3.05, 3.63) is 131 Å². The van der Waals surface area contributed by atoms with Crippen LogP contribution in [0.5, 0.6) is 11.5 Å². The summed E-state index contributed by atoms with van der Waals surface area (Å²) in [6.45, 7) is 3.31. The number of nitrogens with two attached hydrogens (primary N) is 1. The molecule has 0 fully saturated rings. The van der Waals surface area contributed by atoms with Crippen LogP contribution in [0.4, 0.5) is 0 Å². The van der Waals surface area contributed by atoms with Gasteiger partial charge in [0, 0.05) is 6.42 Å². The van der Waals surface area contributed by atoms with E-state index in [4.69, 9.17) is 15.2 Å². The Morgan fingerprint density at radius 2 is 1.21 bits per heavy atom. The van der Waals surface area contributed by atoms with E-state index in [0.29, 0.717) is 24.3 Å². The average Bonchev–Trinajstić information content (AvgIpc) is 3.17. The maximum atomic E-state index is 13.7. The molecule has 0 unspecified atom stereocenters. The number of ether oxygens (including phenoxy) is 2. The molecule has 0 bridgehead atoms. The van der Waals surface area contributed by atoms with Gasteiger partial charge in [0.2, 0.25) is 23.6 Å². The first-order chi connectivity index (χ1) is 25.1. The van der Waals surface area contributed by atoms with Gasteiger partial charge in [0.15, 0.2) is 0 Å². The molecular formula is C41H49N5O6. The Hall–Kier alpha value is -5.68. The zero-order valence-electron chi connectivity index (χ0n) is 30.2. The van der Waals surface area contributed by atoms with Gasteiger partial charge < -0.3 is 31.2 Å². The molecule has 6 N–H and O–H groups in total. The highest BCUT2D eigenvalue weighted by molar-refractivity contribution is 5.93. The first-order valence-corrected chi connectivity index (χ1v) is 17.4. The van der Waals surface area contributed by atoms with Crippen LogP contribution in [-0.2, 0) is 31.1 Å². The molecule has 0 aromatic heterocycles. The van der Waals surface area contributed by atoms with Crippen LogP contribution in [0.2, 0.25) is 0 Å². The Morgan fingerprint density at radius 3 is 1.71 bits per heavy atom. The second-order valence-electron chi connectivity index (χ2n) is 12.6. The molecule has 274 valence electrons. The third kappa shape index (κ3) is 10.2. The number of hydrogen-bond donors (Lipinski definition) is 5. The van der Waals surface area contributed by atoms with E-state index in [-0.39, 0.29) is 13.0 Å². The molecule has 52 heavy (non-hydrogen) atoms. The van der Waals surface area contributed by atoms with Gasteiger partial charge in [-0.2, -0.15) is 0 Å². The molecule has 4 aromatic rings. The molecule has 4 amide bonds. The van der Waals surface area contributed by atoms with E-state index in [2.05, 4.69) is 21.3 Å². The summed E-state index contributed by atoms with van der Waals surface area (Å²) in [6, 6.07) is 31.6. The summed E-state index contributed by atoms with van der Waals surface area (Å²) in [4.78, 5) is 52.5. The molecule has 4 rings (SSSR count). The number of carbonyl (C=O) groups excluding carboxylic acids is 4. The largest absolute Gasteiger partial charge is 0.497 e. The molecule has 0 aliphatic rings. The molecule has 0 saturated heterocycles. The molecule has 0 spiro atoms. The van der Waals surface area contributed by atoms with Gasteiger partial charge in [-0.05, 0) is 59.9 Å². The second-order valence-corrected chi connectivity index (χ2v) is 12.6. The smallest absolute Gasteiger partial charge is 0.243 e. The lowest BCUT2D eigenvalue weighted by Crippen LogP contribution is -2.56. The third-order valence-electron chi connectivity index (χ3n) is 8.94. The predicted molar refractivity (Wildman–Crippen MR) is 201 cm³/mol. The van der Waals surface area contributed by atoms with Crippen LogP contribution in [0, 0.1) is 0 Å². The Bertz CT molecular complexity index is 1700. The van der Waals surface area contributed by atoms with Crippen molar-refractivity contribution < 1.29 is 28.7 Å². The molecule has 11 nitrogen and oxygen atoms in total. The number of amides is 4. The molecule has 0 saturated carbocycles. The van der Waals surface area contributed by atoms with Crippen molar-refractivity contribution in [1.82, 2.24) is 21.3 Å². The quantitative estimate of drug-likeness (QED) is 0.0922. The lowest BCUT2D eigenvalue weighted by atomic mass is 9.76. The van der Waals surface area contributed by atoms with E-state index < -0.39 is 47.3 Å². The highest BCUT2D eigenvalue weighted by Gasteiger charge is 2.39. The van der Waals surface area contributed by atoms with Crippen molar-refractivity contribution in [2.75, 3.05) is 20.8 Å². The van der Waals surface area contributed by atoms with E-state index in [1.807, 2.05) is 116 Å². The summed E-state index contributed by atoms with van der Waals surface area (Å²) in [5, 5.41) is 11.8. The monoisotopic (exact) mass is 707 g/mol. The third-order valence-corrected chi connectivity index (χ3v) is 8.94. The Morgan fingerprint density at radius 1 is 0.692 bits per heavy atom. The minimum atomic E-state index is -1.01. The maximum absolute atomic E-state index is 13.7. The molecule has 0 heterocycles. The second kappa shape index (κ2) is 19.1. The number of hydrogen-bond acceptors (Lipinski definition) is 7. The number of unbranched alkanes of at least 4 members (excludes halogenated alkanes) is 1. The van der Waals surface area contributed by atoms with Gasteiger partial charge in [0.05, 0.1) is 32.3 Å². The lowest BCUT2D eigenvalue weighted by Gasteiger charge is -2.39. The first kappa shape index (κ1) is 39.1. The van der Waals surface area contributed by atoms with Gasteiger partial charge in [-0.3, -0.25) is 24.5 Å². The lowest BCUT2D eigenvalue weighted by molar-refractivity contribution is -0.132. The molecule has 3 atom stereocenters. The molecular weight excluding hydrogens is 658 g/mol. The van der Waals surface area contributed by atoms with E-state index in [1.54, 1.807) is 21.1 Å². The van der Waals surface area contributed by atoms with Crippen LogP contribution < -0.4 is 36.5 Å². The summed E-state index contributed by atoms with van der Waals surface area (Å²) >= 11 is 0. The summed E-state index contributed by atoms with van der Waals surface area (Å²) < 4.78 is 10.9. The van der Waals surface area contributed by atoms with E-state index in [9.17, 15) is 19.2 Å². The van der Waals surface area contributed by atoms with Gasteiger partial charge in [0.1, 0.15) is 23.6 Å². The Balaban J connectivity index is 1.55. The van der Waals surface area contributed by atoms with Crippen LogP contribution in [-0.4, -0.2) is 62.5 Å². The predicted octanol–water partition coefficient (Wildman–Crippen LogP) is 3.98. The van der Waals surface area contributed by atoms with E-state index in [1.165, 1.54) is 0 Å². The van der Waals surface area contributed by atoms with Crippen molar-refractivity contribution in [2.24, 2.45) is 5.73 Å². The number of methoxy groups -OCH3 is 2. The standard InChI is InChI=1S/C41H49N5O6/c1-5-6-17-35(38(42)48)45-40(50)36(26-29-13-9-7-10-14-29)44-37(47)27-43-39(49)28(2)46-41(30-15-11-8-12-16-30,31-18-22-33(51-3)23-19-31)32-20-24-34(52-4)25-21-32/h7-16,18-25,28,35-36,46H,5-6,17,26-27H2,1-4H3,(H2,42,48)(H,43,49)(H,44,47)(H,45,50)/t28-,35+,36+/m1/s1. The normalized spacial score (nSPS) is 12.8. The number of benzene rings is 4. The van der Waals surface area contributed by atoms with Gasteiger partial charge in [-0.25, -0.2) is 0 Å². The fourth-order valence-electron chi connectivity index (χ4n) is 6.10. The zero-order chi connectivity index (χ0) is 37.5. The Labute approximate surface area is 305 Å². The fourth-order valence-corrected chi connectivity index (χ4v) is 6.10. The zero-order valence-corrected chi connectivity index (χ0v) is 30.2. The average molecular weight is 708 g/mol. The number of primary amides is 1. The number of rotatable bonds is 19. The molecule has 4 aromatic carbocycles. The van der Waals surface area contributed by atoms with E-state index >= 15 is 0 Å². The number of nitrogens with one attached hydrogen (secondary N) is 4. The van der Waals surface area contributed by atoms with Gasteiger partial charge in [-0.1, -0.05) is 105 Å². The molecule has 0 radical (unpaired) electrons. The highest BCUT2D eigenvalue weighted by atomic mass is 16.5. The molecule has 11 heteroatoms. The minimum Gasteiger partial charge on any atom is -0.497 e. The van der Waals surface area contributed by atoms with E-state index in [0.717, 1.165) is 28.7 Å². The minimum absolute atomic E-state index is 0.174. The van der Waals surface area contributed by atoms with Crippen molar-refractivity contribution in [1.29, 1.82) is 0 Å². The van der Waals surface area contributed by atoms with Crippen LogP contribution >= 0.6 is 0 Å². The summed E-state index contributed by atoms with van der Waals surface area (Å²) in [6.07, 6.45) is 2.09. The van der Waals surface area contributed by atoms with Gasteiger partial charge in [-0.15, -0.1) is 0 Å². The Kier molecular flexibility index (Phi) is 14.3. The summed E-state index contributed by atoms with van der Waals surface area (Å²) in [5.41, 5.74) is 7.95. The van der Waals surface area contributed by atoms with Gasteiger partial charge in [0.25, 0.3) is 0 Å².